The van der Waals surface area contributed by atoms with Crippen LogP contribution in [0.2, 0.25) is 0 Å². The van der Waals surface area contributed by atoms with Crippen molar-refractivity contribution in [2.24, 2.45) is 0 Å². The van der Waals surface area contributed by atoms with Gasteiger partial charge in [0.15, 0.2) is 9.84 Å². The Kier molecular flexibility index (Phi) is 2.64. The molecule has 1 saturated heterocycles. The summed E-state index contributed by atoms with van der Waals surface area (Å²) in [6, 6.07) is 2.34. The normalized spacial score (nSPS) is 22.6. The van der Waals surface area contributed by atoms with Gasteiger partial charge in [-0.1, -0.05) is 0 Å². The summed E-state index contributed by atoms with van der Waals surface area (Å²) in [6.45, 7) is 1.83. The number of rotatable bonds is 1. The smallest absolute Gasteiger partial charge is 0.160 e. The number of sulfone groups is 1. The van der Waals surface area contributed by atoms with Gasteiger partial charge in [0.1, 0.15) is 11.8 Å². The van der Waals surface area contributed by atoms with Crippen molar-refractivity contribution >= 4 is 9.84 Å². The van der Waals surface area contributed by atoms with Crippen LogP contribution in [0.3, 0.4) is 0 Å². The average molecular weight is 266 g/mol. The standard InChI is InChI=1S/C11H14N4O2S/c12-5-11-9-6-18(16,17)7-10(9)14-15(11)8-1-3-13-4-2-8/h8,13H,1-4,6-7H2. The number of nitrogens with zero attached hydrogens (tertiary/aromatic N) is 3. The molecule has 0 amide bonds. The predicted octanol–water partition coefficient (Wildman–Crippen LogP) is 0.108. The van der Waals surface area contributed by atoms with Gasteiger partial charge < -0.3 is 5.32 Å². The molecule has 96 valence electrons. The molecule has 18 heavy (non-hydrogen) atoms. The van der Waals surface area contributed by atoms with Gasteiger partial charge in [-0.05, 0) is 25.9 Å². The molecule has 1 N–H and O–H groups in total. The van der Waals surface area contributed by atoms with Crippen LogP contribution >= 0.6 is 0 Å². The number of hydrogen-bond acceptors (Lipinski definition) is 5. The van der Waals surface area contributed by atoms with E-state index in [0.29, 0.717) is 17.0 Å². The summed E-state index contributed by atoms with van der Waals surface area (Å²) in [4.78, 5) is 0. The van der Waals surface area contributed by atoms with Crippen LogP contribution in [0.4, 0.5) is 0 Å². The van der Waals surface area contributed by atoms with Gasteiger partial charge in [-0.15, -0.1) is 0 Å². The van der Waals surface area contributed by atoms with Gasteiger partial charge in [-0.25, -0.2) is 8.42 Å². The van der Waals surface area contributed by atoms with Crippen LogP contribution in [0, 0.1) is 11.3 Å². The van der Waals surface area contributed by atoms with E-state index in [4.69, 9.17) is 0 Å². The average Bonchev–Trinajstić information content (AvgIpc) is 2.81. The molecule has 0 saturated carbocycles. The highest BCUT2D eigenvalue weighted by molar-refractivity contribution is 7.90. The van der Waals surface area contributed by atoms with E-state index in [1.807, 2.05) is 0 Å². The Morgan fingerprint density at radius 1 is 1.33 bits per heavy atom. The van der Waals surface area contributed by atoms with Crippen molar-refractivity contribution in [2.45, 2.75) is 30.4 Å². The fraction of sp³-hybridized carbons (Fsp3) is 0.636. The SMILES string of the molecule is N#Cc1c2c(nn1C1CCNCC1)CS(=O)(=O)C2. The van der Waals surface area contributed by atoms with Crippen LogP contribution in [-0.4, -0.2) is 31.3 Å². The number of piperidine rings is 1. The first-order valence-electron chi connectivity index (χ1n) is 6.02. The van der Waals surface area contributed by atoms with Crippen molar-refractivity contribution in [3.05, 3.63) is 17.0 Å². The fourth-order valence-corrected chi connectivity index (χ4v) is 4.19. The minimum atomic E-state index is -3.08. The van der Waals surface area contributed by atoms with Crippen LogP contribution in [0.5, 0.6) is 0 Å². The Hall–Kier alpha value is -1.39. The molecule has 7 heteroatoms. The summed E-state index contributed by atoms with van der Waals surface area (Å²) in [5.74, 6) is -0.0504. The van der Waals surface area contributed by atoms with Crippen molar-refractivity contribution in [1.29, 1.82) is 5.26 Å². The van der Waals surface area contributed by atoms with Crippen LogP contribution in [0.25, 0.3) is 0 Å². The van der Waals surface area contributed by atoms with Crippen LogP contribution in [0.15, 0.2) is 0 Å². The lowest BCUT2D eigenvalue weighted by Gasteiger charge is -2.23. The zero-order valence-electron chi connectivity index (χ0n) is 9.89. The van der Waals surface area contributed by atoms with E-state index in [-0.39, 0.29) is 17.5 Å². The Bertz CT molecular complexity index is 620. The maximum absolute atomic E-state index is 11.5. The molecule has 1 aromatic rings. The van der Waals surface area contributed by atoms with E-state index >= 15 is 0 Å². The third-order valence-corrected chi connectivity index (χ3v) is 5.01. The monoisotopic (exact) mass is 266 g/mol. The zero-order chi connectivity index (χ0) is 12.8. The molecule has 3 heterocycles. The van der Waals surface area contributed by atoms with Crippen molar-refractivity contribution in [1.82, 2.24) is 15.1 Å². The number of aromatic nitrogens is 2. The summed E-state index contributed by atoms with van der Waals surface area (Å²) in [5.41, 5.74) is 1.64. The minimum absolute atomic E-state index is 0.0189. The molecular formula is C11H14N4O2S. The molecule has 1 aromatic heterocycles. The van der Waals surface area contributed by atoms with Gasteiger partial charge in [0, 0.05) is 5.56 Å². The maximum Gasteiger partial charge on any atom is 0.160 e. The molecule has 3 rings (SSSR count). The van der Waals surface area contributed by atoms with Gasteiger partial charge in [0.25, 0.3) is 0 Å². The maximum atomic E-state index is 11.5. The van der Waals surface area contributed by atoms with Crippen LogP contribution in [-0.2, 0) is 21.3 Å². The molecule has 2 aliphatic heterocycles. The lowest BCUT2D eigenvalue weighted by Crippen LogP contribution is -2.30. The molecule has 0 atom stereocenters. The lowest BCUT2D eigenvalue weighted by atomic mass is 10.1. The van der Waals surface area contributed by atoms with Gasteiger partial charge in [-0.3, -0.25) is 4.68 Å². The van der Waals surface area contributed by atoms with Crippen molar-refractivity contribution < 1.29 is 8.42 Å². The number of hydrogen-bond donors (Lipinski definition) is 1. The molecule has 0 unspecified atom stereocenters. The summed E-state index contributed by atoms with van der Waals surface area (Å²) < 4.78 is 24.8. The summed E-state index contributed by atoms with van der Waals surface area (Å²) in [5, 5.41) is 16.9. The van der Waals surface area contributed by atoms with E-state index in [0.717, 1.165) is 25.9 Å². The van der Waals surface area contributed by atoms with Gasteiger partial charge in [0.2, 0.25) is 0 Å². The highest BCUT2D eigenvalue weighted by atomic mass is 32.2. The fourth-order valence-electron chi connectivity index (χ4n) is 2.70. The first-order chi connectivity index (χ1) is 8.61. The molecule has 0 aromatic carbocycles. The van der Waals surface area contributed by atoms with E-state index < -0.39 is 9.84 Å². The largest absolute Gasteiger partial charge is 0.317 e. The van der Waals surface area contributed by atoms with Crippen LogP contribution in [0.1, 0.15) is 35.8 Å². The highest BCUT2D eigenvalue weighted by Crippen LogP contribution is 2.30. The second-order valence-corrected chi connectivity index (χ2v) is 6.91. The van der Waals surface area contributed by atoms with Crippen molar-refractivity contribution in [2.75, 3.05) is 13.1 Å². The third kappa shape index (κ3) is 1.82. The molecule has 0 bridgehead atoms. The van der Waals surface area contributed by atoms with E-state index in [1.54, 1.807) is 4.68 Å². The zero-order valence-corrected chi connectivity index (χ0v) is 10.7. The summed E-state index contributed by atoms with van der Waals surface area (Å²) in [7, 11) is -3.08. The second-order valence-electron chi connectivity index (χ2n) is 4.84. The molecule has 1 fully saturated rings. The van der Waals surface area contributed by atoms with Gasteiger partial charge in [-0.2, -0.15) is 10.4 Å². The Morgan fingerprint density at radius 2 is 2.06 bits per heavy atom. The predicted molar refractivity (Wildman–Crippen MR) is 64.4 cm³/mol. The van der Waals surface area contributed by atoms with Crippen molar-refractivity contribution in [3.63, 3.8) is 0 Å². The molecule has 0 spiro atoms. The Morgan fingerprint density at radius 3 is 2.72 bits per heavy atom. The third-order valence-electron chi connectivity index (χ3n) is 3.57. The number of nitrogens with one attached hydrogen (secondary N) is 1. The molecule has 0 aliphatic carbocycles. The summed E-state index contributed by atoms with van der Waals surface area (Å²) in [6.07, 6.45) is 1.87. The number of nitriles is 1. The molecular weight excluding hydrogens is 252 g/mol. The number of fused-ring (bicyclic) bond motifs is 1. The molecule has 0 radical (unpaired) electrons. The second kappa shape index (κ2) is 4.07. The lowest BCUT2D eigenvalue weighted by molar-refractivity contribution is 0.339. The first kappa shape index (κ1) is 11.7. The minimum Gasteiger partial charge on any atom is -0.317 e. The van der Waals surface area contributed by atoms with Gasteiger partial charge in [0.05, 0.1) is 23.2 Å². The topological polar surface area (TPSA) is 87.8 Å². The highest BCUT2D eigenvalue weighted by Gasteiger charge is 2.33. The molecule has 6 nitrogen and oxygen atoms in total. The van der Waals surface area contributed by atoms with Crippen molar-refractivity contribution in [3.8, 4) is 6.07 Å². The van der Waals surface area contributed by atoms with Crippen LogP contribution < -0.4 is 5.32 Å². The van der Waals surface area contributed by atoms with E-state index in [1.165, 1.54) is 0 Å². The Balaban J connectivity index is 2.01. The Labute approximate surface area is 106 Å². The van der Waals surface area contributed by atoms with E-state index in [2.05, 4.69) is 16.5 Å². The molecule has 2 aliphatic rings. The van der Waals surface area contributed by atoms with E-state index in [9.17, 15) is 13.7 Å². The quantitative estimate of drug-likeness (QED) is 0.779. The first-order valence-corrected chi connectivity index (χ1v) is 7.84. The van der Waals surface area contributed by atoms with Gasteiger partial charge >= 0.3 is 0 Å². The summed E-state index contributed by atoms with van der Waals surface area (Å²) >= 11 is 0.